The maximum atomic E-state index is 13.0. The van der Waals surface area contributed by atoms with Crippen LogP contribution < -0.4 is 10.9 Å². The lowest BCUT2D eigenvalue weighted by Gasteiger charge is -2.17. The fourth-order valence-corrected chi connectivity index (χ4v) is 3.58. The Hall–Kier alpha value is -1.53. The smallest absolute Gasteiger partial charge is 0.262 e. The minimum absolute atomic E-state index is 0.0484. The van der Waals surface area contributed by atoms with Gasteiger partial charge in [-0.15, -0.1) is 0 Å². The van der Waals surface area contributed by atoms with Crippen molar-refractivity contribution in [2.24, 2.45) is 5.92 Å². The van der Waals surface area contributed by atoms with Gasteiger partial charge < -0.3 is 5.32 Å². The average Bonchev–Trinajstić information content (AvgIpc) is 2.58. The van der Waals surface area contributed by atoms with E-state index in [4.69, 9.17) is 11.6 Å². The van der Waals surface area contributed by atoms with E-state index in [0.717, 1.165) is 12.8 Å². The molecular weight excluding hydrogens is 370 g/mol. The zero-order valence-electron chi connectivity index (χ0n) is 15.7. The van der Waals surface area contributed by atoms with Crippen LogP contribution in [0.1, 0.15) is 40.5 Å². The van der Waals surface area contributed by atoms with Crippen LogP contribution in [0.25, 0.3) is 10.9 Å². The standard InChI is InChI=1S/C19H26ClN3O2S/c1-5-9-21-17(24)13(4)26-19-22-16-11-14(20)6-7-15(16)18(25)23(19)10-8-12(2)3/h6-7,11-13H,5,8-10H2,1-4H3,(H,21,24). The normalized spacial score (nSPS) is 12.5. The molecule has 2 aromatic rings. The number of fused-ring (bicyclic) bond motifs is 1. The van der Waals surface area contributed by atoms with Gasteiger partial charge in [0.2, 0.25) is 5.91 Å². The lowest BCUT2D eigenvalue weighted by Crippen LogP contribution is -2.32. The van der Waals surface area contributed by atoms with Crippen molar-refractivity contribution in [3.05, 3.63) is 33.6 Å². The third kappa shape index (κ3) is 5.24. The number of carbonyl (C=O) groups is 1. The van der Waals surface area contributed by atoms with Gasteiger partial charge in [0.15, 0.2) is 5.16 Å². The molecule has 142 valence electrons. The van der Waals surface area contributed by atoms with E-state index in [1.165, 1.54) is 11.8 Å². The van der Waals surface area contributed by atoms with Gasteiger partial charge in [-0.25, -0.2) is 4.98 Å². The minimum atomic E-state index is -0.338. The molecule has 0 radical (unpaired) electrons. The lowest BCUT2D eigenvalue weighted by atomic mass is 10.1. The number of rotatable bonds is 8. The predicted octanol–water partition coefficient (Wildman–Crippen LogP) is 4.10. The Morgan fingerprint density at radius 1 is 1.35 bits per heavy atom. The highest BCUT2D eigenvalue weighted by Crippen LogP contribution is 2.24. The van der Waals surface area contributed by atoms with E-state index in [1.54, 1.807) is 22.8 Å². The first-order chi connectivity index (χ1) is 12.3. The number of aromatic nitrogens is 2. The summed E-state index contributed by atoms with van der Waals surface area (Å²) in [6.07, 6.45) is 1.75. The van der Waals surface area contributed by atoms with Gasteiger partial charge in [-0.05, 0) is 43.9 Å². The van der Waals surface area contributed by atoms with E-state index < -0.39 is 0 Å². The van der Waals surface area contributed by atoms with Crippen molar-refractivity contribution in [1.82, 2.24) is 14.9 Å². The van der Waals surface area contributed by atoms with Crippen LogP contribution in [-0.4, -0.2) is 27.3 Å². The Labute approximate surface area is 163 Å². The van der Waals surface area contributed by atoms with E-state index in [1.807, 2.05) is 13.8 Å². The largest absolute Gasteiger partial charge is 0.355 e. The zero-order valence-corrected chi connectivity index (χ0v) is 17.3. The van der Waals surface area contributed by atoms with Gasteiger partial charge in [0.25, 0.3) is 5.56 Å². The molecule has 5 nitrogen and oxygen atoms in total. The van der Waals surface area contributed by atoms with Crippen molar-refractivity contribution < 1.29 is 4.79 Å². The summed E-state index contributed by atoms with van der Waals surface area (Å²) in [5.41, 5.74) is 0.475. The van der Waals surface area contributed by atoms with Crippen molar-refractivity contribution in [3.8, 4) is 0 Å². The minimum Gasteiger partial charge on any atom is -0.355 e. The molecule has 1 amide bonds. The van der Waals surface area contributed by atoms with Crippen LogP contribution in [0.3, 0.4) is 0 Å². The first-order valence-electron chi connectivity index (χ1n) is 8.98. The second-order valence-electron chi connectivity index (χ2n) is 6.75. The monoisotopic (exact) mass is 395 g/mol. The van der Waals surface area contributed by atoms with E-state index >= 15 is 0 Å². The third-order valence-electron chi connectivity index (χ3n) is 4.01. The Morgan fingerprint density at radius 3 is 2.73 bits per heavy atom. The molecule has 0 spiro atoms. The Bertz CT molecular complexity index is 835. The van der Waals surface area contributed by atoms with E-state index in [9.17, 15) is 9.59 Å². The van der Waals surface area contributed by atoms with Gasteiger partial charge in [-0.2, -0.15) is 0 Å². The molecule has 1 atom stereocenters. The highest BCUT2D eigenvalue weighted by Gasteiger charge is 2.19. The van der Waals surface area contributed by atoms with Crippen molar-refractivity contribution >= 4 is 40.2 Å². The summed E-state index contributed by atoms with van der Waals surface area (Å²) in [7, 11) is 0. The summed E-state index contributed by atoms with van der Waals surface area (Å²) < 4.78 is 1.69. The Kier molecular flexibility index (Phi) is 7.53. The second-order valence-corrected chi connectivity index (χ2v) is 8.49. The van der Waals surface area contributed by atoms with Crippen LogP contribution in [0, 0.1) is 5.92 Å². The lowest BCUT2D eigenvalue weighted by molar-refractivity contribution is -0.120. The van der Waals surface area contributed by atoms with Gasteiger partial charge >= 0.3 is 0 Å². The molecule has 1 unspecified atom stereocenters. The second kappa shape index (κ2) is 9.42. The van der Waals surface area contributed by atoms with Crippen LogP contribution in [0.4, 0.5) is 0 Å². The van der Waals surface area contributed by atoms with Gasteiger partial charge in [0.1, 0.15) is 0 Å². The molecule has 0 aliphatic rings. The van der Waals surface area contributed by atoms with Crippen molar-refractivity contribution in [2.75, 3.05) is 6.54 Å². The van der Waals surface area contributed by atoms with Crippen LogP contribution in [0.5, 0.6) is 0 Å². The van der Waals surface area contributed by atoms with E-state index in [-0.39, 0.29) is 16.7 Å². The maximum absolute atomic E-state index is 13.0. The average molecular weight is 396 g/mol. The zero-order chi connectivity index (χ0) is 19.3. The SMILES string of the molecule is CCCNC(=O)C(C)Sc1nc2cc(Cl)ccc2c(=O)n1CCC(C)C. The molecule has 7 heteroatoms. The number of benzene rings is 1. The molecule has 0 fully saturated rings. The van der Waals surface area contributed by atoms with Gasteiger partial charge in [-0.1, -0.05) is 44.1 Å². The summed E-state index contributed by atoms with van der Waals surface area (Å²) >= 11 is 7.37. The number of hydrogen-bond donors (Lipinski definition) is 1. The molecule has 2 rings (SSSR count). The van der Waals surface area contributed by atoms with Gasteiger partial charge in [0.05, 0.1) is 16.2 Å². The number of thioether (sulfide) groups is 1. The fraction of sp³-hybridized carbons (Fsp3) is 0.526. The molecule has 0 aliphatic carbocycles. The molecule has 0 aliphatic heterocycles. The molecule has 0 saturated carbocycles. The quantitative estimate of drug-likeness (QED) is 0.539. The fourth-order valence-electron chi connectivity index (χ4n) is 2.45. The van der Waals surface area contributed by atoms with Gasteiger partial charge in [0, 0.05) is 18.1 Å². The number of amides is 1. The van der Waals surface area contributed by atoms with Crippen LogP contribution in [0.15, 0.2) is 28.2 Å². The molecule has 0 saturated heterocycles. The highest BCUT2D eigenvalue weighted by atomic mass is 35.5. The summed E-state index contributed by atoms with van der Waals surface area (Å²) in [5.74, 6) is 0.415. The Balaban J connectivity index is 2.42. The summed E-state index contributed by atoms with van der Waals surface area (Å²) in [4.78, 5) is 29.8. The number of nitrogens with zero attached hydrogens (tertiary/aromatic N) is 2. The first kappa shape index (κ1) is 20.8. The third-order valence-corrected chi connectivity index (χ3v) is 5.34. The topological polar surface area (TPSA) is 64.0 Å². The molecule has 26 heavy (non-hydrogen) atoms. The molecule has 1 aromatic heterocycles. The van der Waals surface area contributed by atoms with Crippen molar-refractivity contribution in [1.29, 1.82) is 0 Å². The summed E-state index contributed by atoms with van der Waals surface area (Å²) in [6.45, 7) is 9.30. The first-order valence-corrected chi connectivity index (χ1v) is 10.2. The van der Waals surface area contributed by atoms with E-state index in [2.05, 4.69) is 24.1 Å². The number of nitrogens with one attached hydrogen (secondary N) is 1. The van der Waals surface area contributed by atoms with Crippen LogP contribution >= 0.6 is 23.4 Å². The summed E-state index contributed by atoms with van der Waals surface area (Å²) in [5, 5.41) is 4.19. The number of hydrogen-bond acceptors (Lipinski definition) is 4. The van der Waals surface area contributed by atoms with Crippen molar-refractivity contribution in [3.63, 3.8) is 0 Å². The number of halogens is 1. The number of carbonyl (C=O) groups excluding carboxylic acids is 1. The molecular formula is C19H26ClN3O2S. The van der Waals surface area contributed by atoms with Crippen molar-refractivity contribution in [2.45, 2.75) is 57.5 Å². The molecule has 1 heterocycles. The van der Waals surface area contributed by atoms with Crippen LogP contribution in [0.2, 0.25) is 5.02 Å². The maximum Gasteiger partial charge on any atom is 0.262 e. The predicted molar refractivity (Wildman–Crippen MR) is 109 cm³/mol. The Morgan fingerprint density at radius 2 is 2.08 bits per heavy atom. The van der Waals surface area contributed by atoms with Crippen LogP contribution in [-0.2, 0) is 11.3 Å². The van der Waals surface area contributed by atoms with E-state index in [0.29, 0.717) is 40.1 Å². The van der Waals surface area contributed by atoms with Gasteiger partial charge in [-0.3, -0.25) is 14.2 Å². The molecule has 1 N–H and O–H groups in total. The molecule has 0 bridgehead atoms. The molecule has 1 aromatic carbocycles. The summed E-state index contributed by atoms with van der Waals surface area (Å²) in [6, 6.07) is 5.11. The highest BCUT2D eigenvalue weighted by molar-refractivity contribution is 8.00.